The number of nitrogens with zero attached hydrogens (tertiary/aromatic N) is 2. The number of hydrogen-bond donors (Lipinski definition) is 1. The summed E-state index contributed by atoms with van der Waals surface area (Å²) < 4.78 is 6.04. The molecular formula is C26H27N3OS. The number of thioether (sulfide) groups is 1. The van der Waals surface area contributed by atoms with Crippen LogP contribution >= 0.6 is 11.8 Å². The number of benzene rings is 2. The molecule has 5 heteroatoms. The Balaban J connectivity index is 1.74. The average Bonchev–Trinajstić information content (AvgIpc) is 2.81. The fourth-order valence-corrected chi connectivity index (χ4v) is 3.58. The van der Waals surface area contributed by atoms with Gasteiger partial charge in [0.25, 0.3) is 0 Å². The van der Waals surface area contributed by atoms with Gasteiger partial charge in [0.1, 0.15) is 18.7 Å². The molecule has 158 valence electrons. The Morgan fingerprint density at radius 3 is 2.77 bits per heavy atom. The van der Waals surface area contributed by atoms with Crippen molar-refractivity contribution in [1.29, 1.82) is 0 Å². The fourth-order valence-electron chi connectivity index (χ4n) is 3.06. The third-order valence-corrected chi connectivity index (χ3v) is 5.21. The molecule has 31 heavy (non-hydrogen) atoms. The quantitative estimate of drug-likeness (QED) is 0.363. The molecule has 0 aliphatic heterocycles. The summed E-state index contributed by atoms with van der Waals surface area (Å²) in [4.78, 5) is 8.90. The largest absolute Gasteiger partial charge is 0.488 e. The maximum absolute atomic E-state index is 6.04. The van der Waals surface area contributed by atoms with Gasteiger partial charge in [-0.15, -0.1) is 0 Å². The molecule has 2 aromatic carbocycles. The van der Waals surface area contributed by atoms with Gasteiger partial charge in [-0.25, -0.2) is 9.97 Å². The van der Waals surface area contributed by atoms with Crippen molar-refractivity contribution in [2.24, 2.45) is 0 Å². The van der Waals surface area contributed by atoms with Gasteiger partial charge in [-0.2, -0.15) is 11.8 Å². The molecule has 0 atom stereocenters. The Bertz CT molecular complexity index is 1060. The predicted octanol–water partition coefficient (Wildman–Crippen LogP) is 6.30. The highest BCUT2D eigenvalue weighted by Crippen LogP contribution is 2.29. The lowest BCUT2D eigenvalue weighted by atomic mass is 10.1. The second kappa shape index (κ2) is 11.8. The van der Waals surface area contributed by atoms with Gasteiger partial charge in [0, 0.05) is 17.0 Å². The summed E-state index contributed by atoms with van der Waals surface area (Å²) >= 11 is 1.81. The van der Waals surface area contributed by atoms with E-state index in [0.717, 1.165) is 39.7 Å². The topological polar surface area (TPSA) is 47.0 Å². The van der Waals surface area contributed by atoms with Crippen LogP contribution in [0.2, 0.25) is 0 Å². The Morgan fingerprint density at radius 2 is 1.97 bits per heavy atom. The van der Waals surface area contributed by atoms with Gasteiger partial charge < -0.3 is 10.1 Å². The van der Waals surface area contributed by atoms with Crippen molar-refractivity contribution < 1.29 is 4.74 Å². The Hall–Kier alpha value is -3.31. The number of ether oxygens (including phenoxy) is 1. The lowest BCUT2D eigenvalue weighted by Crippen LogP contribution is -2.04. The number of aromatic nitrogens is 2. The smallest absolute Gasteiger partial charge is 0.129 e. The number of anilines is 1. The summed E-state index contributed by atoms with van der Waals surface area (Å²) in [6.45, 7) is 8.58. The minimum absolute atomic E-state index is 0.415. The van der Waals surface area contributed by atoms with Crippen LogP contribution < -0.4 is 10.1 Å². The van der Waals surface area contributed by atoms with Crippen molar-refractivity contribution in [2.75, 3.05) is 18.2 Å². The van der Waals surface area contributed by atoms with Crippen LogP contribution in [-0.4, -0.2) is 22.8 Å². The molecule has 0 aliphatic carbocycles. The van der Waals surface area contributed by atoms with E-state index < -0.39 is 0 Å². The Morgan fingerprint density at radius 1 is 1.10 bits per heavy atom. The molecule has 0 saturated carbocycles. The van der Waals surface area contributed by atoms with E-state index in [0.29, 0.717) is 13.2 Å². The predicted molar refractivity (Wildman–Crippen MR) is 132 cm³/mol. The second-order valence-electron chi connectivity index (χ2n) is 6.85. The van der Waals surface area contributed by atoms with Crippen LogP contribution in [0.1, 0.15) is 11.3 Å². The Labute approximate surface area is 188 Å². The van der Waals surface area contributed by atoms with Gasteiger partial charge >= 0.3 is 0 Å². The lowest BCUT2D eigenvalue weighted by Gasteiger charge is -2.12. The monoisotopic (exact) mass is 429 g/mol. The van der Waals surface area contributed by atoms with E-state index in [9.17, 15) is 0 Å². The highest BCUT2D eigenvalue weighted by Gasteiger charge is 2.09. The molecule has 1 heterocycles. The zero-order valence-electron chi connectivity index (χ0n) is 17.8. The van der Waals surface area contributed by atoms with E-state index in [1.807, 2.05) is 48.2 Å². The van der Waals surface area contributed by atoms with Gasteiger partial charge in [-0.05, 0) is 47.7 Å². The molecule has 0 amide bonds. The standard InChI is InChI=1S/C26H27N3OS/c1-4-9-20(5-2)17-30-26-13-7-6-12-24(26)25-15-23(28-19-29-25)16-27-22-11-8-10-21(14-22)18-31-3/h4-15,19,27H,1-2,16-18H2,3H3/b20-9+. The van der Waals surface area contributed by atoms with E-state index in [4.69, 9.17) is 4.74 Å². The molecule has 4 nitrogen and oxygen atoms in total. The van der Waals surface area contributed by atoms with E-state index in [2.05, 4.69) is 59.0 Å². The van der Waals surface area contributed by atoms with Gasteiger partial charge in [-0.1, -0.05) is 55.7 Å². The number of hydrogen-bond acceptors (Lipinski definition) is 5. The highest BCUT2D eigenvalue weighted by molar-refractivity contribution is 7.97. The fraction of sp³-hybridized carbons (Fsp3) is 0.154. The van der Waals surface area contributed by atoms with E-state index in [1.165, 1.54) is 5.56 Å². The number of allylic oxidation sites excluding steroid dienone is 2. The molecule has 1 N–H and O–H groups in total. The molecule has 0 fully saturated rings. The summed E-state index contributed by atoms with van der Waals surface area (Å²) in [5, 5.41) is 3.46. The van der Waals surface area contributed by atoms with Crippen LogP contribution in [0.15, 0.2) is 97.9 Å². The third kappa shape index (κ3) is 6.59. The van der Waals surface area contributed by atoms with Gasteiger partial charge in [0.05, 0.1) is 17.9 Å². The molecular weight excluding hydrogens is 402 g/mol. The number of rotatable bonds is 11. The van der Waals surface area contributed by atoms with Gasteiger partial charge in [0.2, 0.25) is 0 Å². The first-order valence-corrected chi connectivity index (χ1v) is 11.4. The maximum atomic E-state index is 6.04. The molecule has 1 aromatic heterocycles. The normalized spacial score (nSPS) is 11.1. The van der Waals surface area contributed by atoms with Crippen molar-refractivity contribution in [1.82, 2.24) is 9.97 Å². The van der Waals surface area contributed by atoms with Crippen LogP contribution in [0.4, 0.5) is 5.69 Å². The summed E-state index contributed by atoms with van der Waals surface area (Å²) in [5.41, 5.74) is 6.01. The van der Waals surface area contributed by atoms with Crippen molar-refractivity contribution in [3.05, 3.63) is 109 Å². The average molecular weight is 430 g/mol. The maximum Gasteiger partial charge on any atom is 0.129 e. The van der Waals surface area contributed by atoms with Crippen LogP contribution in [-0.2, 0) is 12.3 Å². The van der Waals surface area contributed by atoms with Crippen molar-refractivity contribution >= 4 is 17.4 Å². The minimum Gasteiger partial charge on any atom is -0.488 e. The van der Waals surface area contributed by atoms with Crippen LogP contribution in [0.25, 0.3) is 11.3 Å². The van der Waals surface area contributed by atoms with Gasteiger partial charge in [0.15, 0.2) is 0 Å². The van der Waals surface area contributed by atoms with Crippen molar-refractivity contribution in [3.63, 3.8) is 0 Å². The lowest BCUT2D eigenvalue weighted by molar-refractivity contribution is 0.357. The summed E-state index contributed by atoms with van der Waals surface area (Å²) in [7, 11) is 0. The summed E-state index contributed by atoms with van der Waals surface area (Å²) in [6.07, 6.45) is 9.09. The van der Waals surface area contributed by atoms with E-state index in [1.54, 1.807) is 18.5 Å². The molecule has 0 unspecified atom stereocenters. The molecule has 0 bridgehead atoms. The highest BCUT2D eigenvalue weighted by atomic mass is 32.2. The molecule has 0 radical (unpaired) electrons. The first-order chi connectivity index (χ1) is 15.2. The summed E-state index contributed by atoms with van der Waals surface area (Å²) in [6, 6.07) is 18.3. The van der Waals surface area contributed by atoms with Crippen LogP contribution in [0, 0.1) is 0 Å². The molecule has 3 aromatic rings. The molecule has 3 rings (SSSR count). The SMILES string of the molecule is C=C/C=C(\C=C)COc1ccccc1-c1cc(CNc2cccc(CSC)c2)ncn1. The van der Waals surface area contributed by atoms with E-state index in [-0.39, 0.29) is 0 Å². The third-order valence-electron chi connectivity index (χ3n) is 4.59. The van der Waals surface area contributed by atoms with Gasteiger partial charge in [-0.3, -0.25) is 0 Å². The van der Waals surface area contributed by atoms with Crippen molar-refractivity contribution in [2.45, 2.75) is 12.3 Å². The molecule has 0 saturated heterocycles. The van der Waals surface area contributed by atoms with E-state index >= 15 is 0 Å². The summed E-state index contributed by atoms with van der Waals surface area (Å²) in [5.74, 6) is 1.76. The minimum atomic E-state index is 0.415. The van der Waals surface area contributed by atoms with Crippen molar-refractivity contribution in [3.8, 4) is 17.0 Å². The molecule has 0 spiro atoms. The second-order valence-corrected chi connectivity index (χ2v) is 7.71. The van der Waals surface area contributed by atoms with Crippen LogP contribution in [0.5, 0.6) is 5.75 Å². The first kappa shape index (κ1) is 22.4. The Kier molecular flexibility index (Phi) is 8.49. The van der Waals surface area contributed by atoms with Crippen LogP contribution in [0.3, 0.4) is 0 Å². The number of para-hydroxylation sites is 1. The first-order valence-electron chi connectivity index (χ1n) is 10.0. The zero-order chi connectivity index (χ0) is 21.9. The number of nitrogens with one attached hydrogen (secondary N) is 1. The molecule has 0 aliphatic rings. The zero-order valence-corrected chi connectivity index (χ0v) is 18.6.